The first-order valence-electron chi connectivity index (χ1n) is 5.46. The molecule has 8 heteroatoms. The predicted molar refractivity (Wildman–Crippen MR) is 72.6 cm³/mol. The van der Waals surface area contributed by atoms with E-state index in [-0.39, 0.29) is 21.8 Å². The Kier molecular flexibility index (Phi) is 5.45. The number of carbonyl (C=O) groups is 1. The van der Waals surface area contributed by atoms with Crippen molar-refractivity contribution >= 4 is 31.9 Å². The van der Waals surface area contributed by atoms with E-state index in [0.29, 0.717) is 6.54 Å². The highest BCUT2D eigenvalue weighted by molar-refractivity contribution is 9.10. The molecular formula is C11H14BrFN2O3S. The molecule has 0 aromatic heterocycles. The number of sulfonamides is 1. The molecule has 0 aliphatic rings. The number of hydrogen-bond acceptors (Lipinski definition) is 3. The predicted octanol–water partition coefficient (Wildman–Crippen LogP) is 1.34. The first-order chi connectivity index (χ1) is 8.77. The average molecular weight is 353 g/mol. The van der Waals surface area contributed by atoms with Crippen LogP contribution >= 0.6 is 15.9 Å². The van der Waals surface area contributed by atoms with Crippen LogP contribution in [0.1, 0.15) is 6.92 Å². The minimum atomic E-state index is -3.86. The van der Waals surface area contributed by atoms with Crippen LogP contribution in [0, 0.1) is 5.82 Å². The molecule has 0 unspecified atom stereocenters. The molecule has 1 amide bonds. The van der Waals surface area contributed by atoms with Gasteiger partial charge in [0.05, 0.1) is 11.4 Å². The van der Waals surface area contributed by atoms with Gasteiger partial charge in [-0.15, -0.1) is 0 Å². The summed E-state index contributed by atoms with van der Waals surface area (Å²) < 4.78 is 39.1. The van der Waals surface area contributed by atoms with Crippen molar-refractivity contribution in [3.8, 4) is 0 Å². The van der Waals surface area contributed by atoms with Crippen LogP contribution in [-0.4, -0.2) is 39.4 Å². The molecule has 19 heavy (non-hydrogen) atoms. The van der Waals surface area contributed by atoms with Crippen molar-refractivity contribution in [3.63, 3.8) is 0 Å². The van der Waals surface area contributed by atoms with Gasteiger partial charge < -0.3 is 4.90 Å². The van der Waals surface area contributed by atoms with Gasteiger partial charge in [0.15, 0.2) is 0 Å². The fraction of sp³-hybridized carbons (Fsp3) is 0.364. The molecule has 1 N–H and O–H groups in total. The van der Waals surface area contributed by atoms with E-state index >= 15 is 0 Å². The van der Waals surface area contributed by atoms with Crippen molar-refractivity contribution in [1.29, 1.82) is 0 Å². The lowest BCUT2D eigenvalue weighted by molar-refractivity contribution is -0.128. The molecule has 0 bridgehead atoms. The molecule has 106 valence electrons. The summed E-state index contributed by atoms with van der Waals surface area (Å²) in [6.45, 7) is 1.93. The minimum Gasteiger partial charge on any atom is -0.345 e. The van der Waals surface area contributed by atoms with E-state index in [1.807, 2.05) is 0 Å². The maximum Gasteiger partial charge on any atom is 0.242 e. The summed E-state index contributed by atoms with van der Waals surface area (Å²) in [4.78, 5) is 12.8. The molecule has 1 rings (SSSR count). The van der Waals surface area contributed by atoms with Gasteiger partial charge in [0.25, 0.3) is 0 Å². The zero-order valence-corrected chi connectivity index (χ0v) is 12.9. The van der Waals surface area contributed by atoms with Gasteiger partial charge in [0, 0.05) is 18.1 Å². The second-order valence-corrected chi connectivity index (χ2v) is 6.40. The number of benzene rings is 1. The minimum absolute atomic E-state index is 0.108. The fourth-order valence-corrected chi connectivity index (χ4v) is 3.26. The van der Waals surface area contributed by atoms with Gasteiger partial charge in [-0.25, -0.2) is 17.5 Å². The van der Waals surface area contributed by atoms with E-state index in [2.05, 4.69) is 20.7 Å². The number of carbonyl (C=O) groups excluding carboxylic acids is 1. The third kappa shape index (κ3) is 4.26. The molecule has 0 saturated carbocycles. The molecule has 0 aliphatic carbocycles. The maximum atomic E-state index is 12.9. The molecular weight excluding hydrogens is 339 g/mol. The molecule has 0 fully saturated rings. The number of hydrogen-bond donors (Lipinski definition) is 1. The molecule has 0 spiro atoms. The number of rotatable bonds is 5. The van der Waals surface area contributed by atoms with Gasteiger partial charge in [-0.3, -0.25) is 4.79 Å². The molecule has 0 atom stereocenters. The highest BCUT2D eigenvalue weighted by atomic mass is 79.9. The summed E-state index contributed by atoms with van der Waals surface area (Å²) in [6.07, 6.45) is 0. The molecule has 1 aromatic rings. The lowest BCUT2D eigenvalue weighted by Gasteiger charge is -2.15. The van der Waals surface area contributed by atoms with E-state index in [4.69, 9.17) is 0 Å². The second-order valence-electron chi connectivity index (χ2n) is 3.81. The van der Waals surface area contributed by atoms with E-state index in [9.17, 15) is 17.6 Å². The summed E-state index contributed by atoms with van der Waals surface area (Å²) in [6, 6.07) is 3.23. The Morgan fingerprint density at radius 2 is 2.11 bits per heavy atom. The lowest BCUT2D eigenvalue weighted by Crippen LogP contribution is -2.38. The van der Waals surface area contributed by atoms with Gasteiger partial charge in [-0.1, -0.05) is 0 Å². The molecule has 0 saturated heterocycles. The van der Waals surface area contributed by atoms with Crippen molar-refractivity contribution in [2.24, 2.45) is 0 Å². The van der Waals surface area contributed by atoms with Crippen LogP contribution in [0.4, 0.5) is 4.39 Å². The normalized spacial score (nSPS) is 11.4. The van der Waals surface area contributed by atoms with Crippen LogP contribution < -0.4 is 4.72 Å². The smallest absolute Gasteiger partial charge is 0.242 e. The second kappa shape index (κ2) is 6.44. The van der Waals surface area contributed by atoms with Gasteiger partial charge in [0.1, 0.15) is 5.82 Å². The van der Waals surface area contributed by atoms with E-state index in [0.717, 1.165) is 18.2 Å². The Labute approximate surface area is 120 Å². The van der Waals surface area contributed by atoms with Crippen LogP contribution in [0.25, 0.3) is 0 Å². The zero-order valence-electron chi connectivity index (χ0n) is 10.5. The van der Waals surface area contributed by atoms with Crippen molar-refractivity contribution in [2.45, 2.75) is 11.8 Å². The number of halogens is 2. The zero-order chi connectivity index (χ0) is 14.6. The van der Waals surface area contributed by atoms with Gasteiger partial charge in [-0.2, -0.15) is 0 Å². The number of amides is 1. The Morgan fingerprint density at radius 3 is 2.63 bits per heavy atom. The summed E-state index contributed by atoms with van der Waals surface area (Å²) in [5.41, 5.74) is 0. The Hall–Kier alpha value is -0.990. The Balaban J connectivity index is 2.85. The van der Waals surface area contributed by atoms with Crippen molar-refractivity contribution in [1.82, 2.24) is 9.62 Å². The van der Waals surface area contributed by atoms with Crippen LogP contribution in [0.2, 0.25) is 0 Å². The number of likely N-dealkylation sites (N-methyl/N-ethyl adjacent to an activating group) is 1. The van der Waals surface area contributed by atoms with Crippen molar-refractivity contribution in [3.05, 3.63) is 28.5 Å². The topological polar surface area (TPSA) is 66.5 Å². The molecule has 0 radical (unpaired) electrons. The average Bonchev–Trinajstić information content (AvgIpc) is 2.34. The van der Waals surface area contributed by atoms with Crippen LogP contribution in [0.15, 0.2) is 27.6 Å². The summed E-state index contributed by atoms with van der Waals surface area (Å²) in [5, 5.41) is 0. The third-order valence-electron chi connectivity index (χ3n) is 2.50. The highest BCUT2D eigenvalue weighted by Gasteiger charge is 2.19. The molecule has 0 aliphatic heterocycles. The van der Waals surface area contributed by atoms with Gasteiger partial charge in [0.2, 0.25) is 15.9 Å². The van der Waals surface area contributed by atoms with Crippen LogP contribution in [0.3, 0.4) is 0 Å². The van der Waals surface area contributed by atoms with E-state index in [1.54, 1.807) is 14.0 Å². The summed E-state index contributed by atoms with van der Waals surface area (Å²) in [7, 11) is -2.28. The fourth-order valence-electron chi connectivity index (χ4n) is 1.24. The van der Waals surface area contributed by atoms with E-state index in [1.165, 1.54) is 4.90 Å². The maximum absolute atomic E-state index is 12.9. The molecule has 0 heterocycles. The third-order valence-corrected chi connectivity index (χ3v) is 4.87. The van der Waals surface area contributed by atoms with Gasteiger partial charge in [-0.05, 0) is 41.1 Å². The Bertz CT molecular complexity index is 577. The van der Waals surface area contributed by atoms with Crippen LogP contribution in [-0.2, 0) is 14.8 Å². The van der Waals surface area contributed by atoms with Crippen molar-refractivity contribution < 1.29 is 17.6 Å². The summed E-state index contributed by atoms with van der Waals surface area (Å²) in [5.74, 6) is -0.892. The SMILES string of the molecule is CCN(C)C(=O)CNS(=O)(=O)c1ccc(F)cc1Br. The molecule has 5 nitrogen and oxygen atoms in total. The van der Waals surface area contributed by atoms with Gasteiger partial charge >= 0.3 is 0 Å². The first kappa shape index (κ1) is 16.1. The Morgan fingerprint density at radius 1 is 1.47 bits per heavy atom. The molecule has 1 aromatic carbocycles. The number of nitrogens with zero attached hydrogens (tertiary/aromatic N) is 1. The number of nitrogens with one attached hydrogen (secondary N) is 1. The lowest BCUT2D eigenvalue weighted by atomic mass is 10.3. The monoisotopic (exact) mass is 352 g/mol. The first-order valence-corrected chi connectivity index (χ1v) is 7.74. The summed E-state index contributed by atoms with van der Waals surface area (Å²) >= 11 is 2.98. The van der Waals surface area contributed by atoms with E-state index < -0.39 is 15.8 Å². The largest absolute Gasteiger partial charge is 0.345 e. The standard InChI is InChI=1S/C11H14BrFN2O3S/c1-3-15(2)11(16)7-14-19(17,18)10-5-4-8(13)6-9(10)12/h4-6,14H,3,7H2,1-2H3. The van der Waals surface area contributed by atoms with Crippen LogP contribution in [0.5, 0.6) is 0 Å². The highest BCUT2D eigenvalue weighted by Crippen LogP contribution is 2.22. The van der Waals surface area contributed by atoms with Crippen molar-refractivity contribution in [2.75, 3.05) is 20.1 Å². The quantitative estimate of drug-likeness (QED) is 0.869.